The van der Waals surface area contributed by atoms with Crippen LogP contribution >= 0.6 is 11.3 Å². The number of hydrogen-bond donors (Lipinski definition) is 2. The summed E-state index contributed by atoms with van der Waals surface area (Å²) in [7, 11) is 1.57. The van der Waals surface area contributed by atoms with Crippen LogP contribution < -0.4 is 11.1 Å². The summed E-state index contributed by atoms with van der Waals surface area (Å²) in [6, 6.07) is 0.306. The number of carbonyl (C=O) groups excluding carboxylic acids is 2. The molecule has 1 heterocycles. The van der Waals surface area contributed by atoms with Crippen LogP contribution in [-0.2, 0) is 4.79 Å². The first-order chi connectivity index (χ1) is 8.06. The Bertz CT molecular complexity index is 441. The van der Waals surface area contributed by atoms with E-state index in [9.17, 15) is 9.59 Å². The van der Waals surface area contributed by atoms with Gasteiger partial charge in [0.25, 0.3) is 5.91 Å². The predicted molar refractivity (Wildman–Crippen MR) is 64.7 cm³/mol. The van der Waals surface area contributed by atoms with Crippen LogP contribution in [0.15, 0.2) is 5.38 Å². The zero-order valence-corrected chi connectivity index (χ0v) is 10.3. The molecule has 0 aromatic carbocycles. The Labute approximate surface area is 103 Å². The number of nitrogens with one attached hydrogen (secondary N) is 1. The molecule has 1 aliphatic carbocycles. The molecule has 2 amide bonds. The number of nitrogens with zero attached hydrogens (tertiary/aromatic N) is 2. The molecular formula is C10H14N4O2S. The summed E-state index contributed by atoms with van der Waals surface area (Å²) in [5.74, 6) is -0.421. The Morgan fingerprint density at radius 3 is 2.88 bits per heavy atom. The number of rotatable bonds is 4. The quantitative estimate of drug-likeness (QED) is 0.796. The largest absolute Gasteiger partial charge is 0.375 e. The van der Waals surface area contributed by atoms with E-state index in [-0.39, 0.29) is 24.1 Å². The van der Waals surface area contributed by atoms with Crippen molar-refractivity contribution in [2.75, 3.05) is 19.3 Å². The van der Waals surface area contributed by atoms with E-state index >= 15 is 0 Å². The molecule has 1 fully saturated rings. The van der Waals surface area contributed by atoms with Gasteiger partial charge in [-0.25, -0.2) is 4.98 Å². The van der Waals surface area contributed by atoms with E-state index in [2.05, 4.69) is 10.3 Å². The highest BCUT2D eigenvalue weighted by molar-refractivity contribution is 7.13. The first-order valence-corrected chi connectivity index (χ1v) is 6.20. The zero-order chi connectivity index (χ0) is 12.4. The van der Waals surface area contributed by atoms with E-state index in [0.29, 0.717) is 11.2 Å². The molecule has 0 unspecified atom stereocenters. The van der Waals surface area contributed by atoms with Gasteiger partial charge in [0, 0.05) is 18.5 Å². The smallest absolute Gasteiger partial charge is 0.273 e. The highest BCUT2D eigenvalue weighted by Gasteiger charge is 2.24. The van der Waals surface area contributed by atoms with Crippen molar-refractivity contribution in [3.05, 3.63) is 11.1 Å². The number of hydrogen-bond acceptors (Lipinski definition) is 5. The highest BCUT2D eigenvalue weighted by Crippen LogP contribution is 2.18. The molecule has 3 N–H and O–H groups in total. The molecule has 0 atom stereocenters. The van der Waals surface area contributed by atoms with Gasteiger partial charge in [-0.05, 0) is 12.8 Å². The summed E-state index contributed by atoms with van der Waals surface area (Å²) in [5, 5.41) is 4.76. The van der Waals surface area contributed by atoms with Crippen molar-refractivity contribution in [3.8, 4) is 0 Å². The number of nitrogens with two attached hydrogens (primary N) is 1. The molecule has 0 saturated heterocycles. The molecule has 1 aromatic rings. The summed E-state index contributed by atoms with van der Waals surface area (Å²) in [5.41, 5.74) is 5.74. The minimum atomic E-state index is -0.288. The molecule has 7 heteroatoms. The Morgan fingerprint density at radius 1 is 1.65 bits per heavy atom. The summed E-state index contributed by atoms with van der Waals surface area (Å²) < 4.78 is 0. The van der Waals surface area contributed by atoms with Crippen LogP contribution in [0, 0.1) is 0 Å². The lowest BCUT2D eigenvalue weighted by Crippen LogP contribution is -2.39. The van der Waals surface area contributed by atoms with Crippen molar-refractivity contribution in [3.63, 3.8) is 0 Å². The maximum absolute atomic E-state index is 11.8. The summed E-state index contributed by atoms with van der Waals surface area (Å²) in [6.45, 7) is 0.0484. The fourth-order valence-electron chi connectivity index (χ4n) is 1.37. The minimum absolute atomic E-state index is 0.0484. The molecule has 0 spiro atoms. The van der Waals surface area contributed by atoms with E-state index in [1.165, 1.54) is 16.2 Å². The zero-order valence-electron chi connectivity index (χ0n) is 9.47. The fourth-order valence-corrected chi connectivity index (χ4v) is 1.91. The Balaban J connectivity index is 1.88. The van der Waals surface area contributed by atoms with Gasteiger partial charge in [0.2, 0.25) is 5.91 Å². The van der Waals surface area contributed by atoms with Crippen molar-refractivity contribution < 1.29 is 9.59 Å². The molecule has 1 saturated carbocycles. The molecule has 17 heavy (non-hydrogen) atoms. The number of thiazole rings is 1. The van der Waals surface area contributed by atoms with Gasteiger partial charge in [0.05, 0.1) is 6.54 Å². The number of nitrogen functional groups attached to an aromatic ring is 1. The third-order valence-corrected chi connectivity index (χ3v) is 3.08. The predicted octanol–water partition coefficient (Wildman–Crippen LogP) is 0.0759. The second kappa shape index (κ2) is 4.70. The van der Waals surface area contributed by atoms with Gasteiger partial charge in [-0.2, -0.15) is 0 Å². The van der Waals surface area contributed by atoms with E-state index in [1.54, 1.807) is 12.4 Å². The lowest BCUT2D eigenvalue weighted by atomic mass is 10.4. The van der Waals surface area contributed by atoms with Crippen LogP contribution in [0.4, 0.5) is 5.13 Å². The molecule has 92 valence electrons. The van der Waals surface area contributed by atoms with Crippen molar-refractivity contribution in [2.24, 2.45) is 0 Å². The van der Waals surface area contributed by atoms with Crippen LogP contribution in [0.3, 0.4) is 0 Å². The van der Waals surface area contributed by atoms with E-state index in [4.69, 9.17) is 5.73 Å². The van der Waals surface area contributed by atoms with Crippen LogP contribution in [-0.4, -0.2) is 41.3 Å². The molecule has 0 radical (unpaired) electrons. The van der Waals surface area contributed by atoms with E-state index < -0.39 is 0 Å². The average Bonchev–Trinajstić information content (AvgIpc) is 2.96. The summed E-state index contributed by atoms with van der Waals surface area (Å²) in [6.07, 6.45) is 2.07. The molecular weight excluding hydrogens is 240 g/mol. The molecule has 2 rings (SSSR count). The maximum Gasteiger partial charge on any atom is 0.273 e. The third-order valence-electron chi connectivity index (χ3n) is 2.41. The summed E-state index contributed by atoms with van der Waals surface area (Å²) in [4.78, 5) is 28.6. The van der Waals surface area contributed by atoms with E-state index in [0.717, 1.165) is 12.8 Å². The van der Waals surface area contributed by atoms with E-state index in [1.807, 2.05) is 0 Å². The molecule has 0 bridgehead atoms. The minimum Gasteiger partial charge on any atom is -0.375 e. The summed E-state index contributed by atoms with van der Waals surface area (Å²) >= 11 is 1.21. The first kappa shape index (κ1) is 11.8. The number of carbonyl (C=O) groups is 2. The van der Waals surface area contributed by atoms with Gasteiger partial charge in [0.1, 0.15) is 5.69 Å². The highest BCUT2D eigenvalue weighted by atomic mass is 32.1. The van der Waals surface area contributed by atoms with Crippen molar-refractivity contribution in [2.45, 2.75) is 18.9 Å². The Morgan fingerprint density at radius 2 is 2.35 bits per heavy atom. The standard InChI is InChI=1S/C10H14N4O2S/c1-14(4-8(15)12-6-2-3-6)9(16)7-5-17-10(11)13-7/h5-6H,2-4H2,1H3,(H2,11,13)(H,12,15). The monoisotopic (exact) mass is 254 g/mol. The van der Waals surface area contributed by atoms with Crippen LogP contribution in [0.1, 0.15) is 23.3 Å². The SMILES string of the molecule is CN(CC(=O)NC1CC1)C(=O)c1csc(N)n1. The normalized spacial score (nSPS) is 14.4. The Kier molecular flexibility index (Phi) is 3.28. The molecule has 6 nitrogen and oxygen atoms in total. The van der Waals surface area contributed by atoms with Crippen molar-refractivity contribution >= 4 is 28.3 Å². The van der Waals surface area contributed by atoms with Crippen molar-refractivity contribution in [1.29, 1.82) is 0 Å². The second-order valence-electron chi connectivity index (χ2n) is 4.07. The molecule has 1 aliphatic rings. The number of aromatic nitrogens is 1. The lowest BCUT2D eigenvalue weighted by molar-refractivity contribution is -0.121. The van der Waals surface area contributed by atoms with Gasteiger partial charge in [-0.1, -0.05) is 0 Å². The molecule has 1 aromatic heterocycles. The van der Waals surface area contributed by atoms with Gasteiger partial charge < -0.3 is 16.0 Å². The van der Waals surface area contributed by atoms with Crippen LogP contribution in [0.25, 0.3) is 0 Å². The number of likely N-dealkylation sites (N-methyl/N-ethyl adjacent to an activating group) is 1. The topological polar surface area (TPSA) is 88.3 Å². The van der Waals surface area contributed by atoms with Crippen LogP contribution in [0.5, 0.6) is 0 Å². The first-order valence-electron chi connectivity index (χ1n) is 5.32. The fraction of sp³-hybridized carbons (Fsp3) is 0.500. The third kappa shape index (κ3) is 3.16. The second-order valence-corrected chi connectivity index (χ2v) is 4.96. The van der Waals surface area contributed by atoms with Gasteiger partial charge in [-0.15, -0.1) is 11.3 Å². The van der Waals surface area contributed by atoms with Crippen molar-refractivity contribution in [1.82, 2.24) is 15.2 Å². The lowest BCUT2D eigenvalue weighted by Gasteiger charge is -2.15. The number of anilines is 1. The van der Waals surface area contributed by atoms with Gasteiger partial charge in [0.15, 0.2) is 5.13 Å². The van der Waals surface area contributed by atoms with Crippen LogP contribution in [0.2, 0.25) is 0 Å². The average molecular weight is 254 g/mol. The van der Waals surface area contributed by atoms with Gasteiger partial charge in [-0.3, -0.25) is 9.59 Å². The van der Waals surface area contributed by atoms with Gasteiger partial charge >= 0.3 is 0 Å². The number of amides is 2. The Hall–Kier alpha value is -1.63. The molecule has 0 aliphatic heterocycles. The maximum atomic E-state index is 11.8.